The lowest BCUT2D eigenvalue weighted by atomic mass is 10.0. The molecular formula is C13H17NO2. The van der Waals surface area contributed by atoms with Gasteiger partial charge in [-0.05, 0) is 31.2 Å². The zero-order valence-electron chi connectivity index (χ0n) is 9.32. The van der Waals surface area contributed by atoms with Gasteiger partial charge in [0.2, 0.25) is 5.91 Å². The van der Waals surface area contributed by atoms with Crippen molar-refractivity contribution in [1.82, 2.24) is 0 Å². The minimum Gasteiger partial charge on any atom is -0.367 e. The molecule has 3 nitrogen and oxygen atoms in total. The summed E-state index contributed by atoms with van der Waals surface area (Å²) in [6.45, 7) is 0.462. The Morgan fingerprint density at radius 1 is 1.25 bits per heavy atom. The van der Waals surface area contributed by atoms with Crippen LogP contribution in [0.2, 0.25) is 0 Å². The van der Waals surface area contributed by atoms with E-state index < -0.39 is 5.60 Å². The quantitative estimate of drug-likeness (QED) is 0.842. The van der Waals surface area contributed by atoms with Crippen LogP contribution in [0.4, 0.5) is 0 Å². The number of amides is 1. The van der Waals surface area contributed by atoms with Gasteiger partial charge in [-0.1, -0.05) is 30.3 Å². The van der Waals surface area contributed by atoms with Crippen LogP contribution in [0, 0.1) is 0 Å². The molecule has 0 saturated heterocycles. The van der Waals surface area contributed by atoms with Crippen LogP contribution in [-0.4, -0.2) is 11.5 Å². The molecule has 1 aliphatic carbocycles. The lowest BCUT2D eigenvalue weighted by Crippen LogP contribution is -2.43. The molecule has 3 heteroatoms. The first-order valence-corrected chi connectivity index (χ1v) is 5.71. The van der Waals surface area contributed by atoms with E-state index in [1.165, 1.54) is 0 Å². The predicted octanol–water partition coefficient (Wildman–Crippen LogP) is 2.00. The van der Waals surface area contributed by atoms with E-state index >= 15 is 0 Å². The van der Waals surface area contributed by atoms with Gasteiger partial charge in [0.15, 0.2) is 0 Å². The molecule has 0 heterocycles. The third-order valence-electron chi connectivity index (χ3n) is 3.22. The van der Waals surface area contributed by atoms with Gasteiger partial charge in [-0.15, -0.1) is 0 Å². The maximum atomic E-state index is 11.4. The highest BCUT2D eigenvalue weighted by molar-refractivity contribution is 5.83. The summed E-state index contributed by atoms with van der Waals surface area (Å²) in [4.78, 5) is 11.4. The van der Waals surface area contributed by atoms with Gasteiger partial charge in [-0.3, -0.25) is 4.79 Å². The predicted molar refractivity (Wildman–Crippen MR) is 61.6 cm³/mol. The lowest BCUT2D eigenvalue weighted by molar-refractivity contribution is -0.144. The minimum atomic E-state index is -0.712. The second-order valence-corrected chi connectivity index (χ2v) is 4.34. The molecule has 0 atom stereocenters. The lowest BCUT2D eigenvalue weighted by Gasteiger charge is -2.25. The van der Waals surface area contributed by atoms with Gasteiger partial charge >= 0.3 is 0 Å². The van der Waals surface area contributed by atoms with Gasteiger partial charge in [0.25, 0.3) is 0 Å². The third-order valence-corrected chi connectivity index (χ3v) is 3.22. The van der Waals surface area contributed by atoms with Gasteiger partial charge in [0.05, 0.1) is 6.61 Å². The Morgan fingerprint density at radius 2 is 1.88 bits per heavy atom. The van der Waals surface area contributed by atoms with E-state index in [-0.39, 0.29) is 5.91 Å². The maximum absolute atomic E-state index is 11.4. The Bertz CT molecular complexity index is 355. The van der Waals surface area contributed by atoms with Gasteiger partial charge in [0, 0.05) is 0 Å². The van der Waals surface area contributed by atoms with Crippen LogP contribution in [0.15, 0.2) is 30.3 Å². The first-order chi connectivity index (χ1) is 7.73. The van der Waals surface area contributed by atoms with Crippen molar-refractivity contribution in [3.05, 3.63) is 35.9 Å². The van der Waals surface area contributed by atoms with Crippen molar-refractivity contribution >= 4 is 5.91 Å². The topological polar surface area (TPSA) is 52.3 Å². The number of carbonyl (C=O) groups is 1. The summed E-state index contributed by atoms with van der Waals surface area (Å²) in [6.07, 6.45) is 3.57. The molecule has 0 radical (unpaired) electrons. The first kappa shape index (κ1) is 11.1. The average Bonchev–Trinajstić information content (AvgIpc) is 2.78. The van der Waals surface area contributed by atoms with Crippen LogP contribution in [0.25, 0.3) is 0 Å². The van der Waals surface area contributed by atoms with Gasteiger partial charge in [-0.2, -0.15) is 0 Å². The summed E-state index contributed by atoms with van der Waals surface area (Å²) in [5.41, 5.74) is 5.80. The zero-order valence-corrected chi connectivity index (χ0v) is 9.32. The fraction of sp³-hybridized carbons (Fsp3) is 0.462. The molecule has 1 aromatic carbocycles. The number of benzene rings is 1. The molecule has 2 N–H and O–H groups in total. The molecule has 1 fully saturated rings. The van der Waals surface area contributed by atoms with Crippen LogP contribution in [0.1, 0.15) is 31.2 Å². The summed E-state index contributed by atoms with van der Waals surface area (Å²) >= 11 is 0. The normalized spacial score (nSPS) is 18.5. The van der Waals surface area contributed by atoms with E-state index in [0.29, 0.717) is 6.61 Å². The highest BCUT2D eigenvalue weighted by Crippen LogP contribution is 2.33. The van der Waals surface area contributed by atoms with E-state index in [4.69, 9.17) is 10.5 Å². The molecule has 1 saturated carbocycles. The van der Waals surface area contributed by atoms with Crippen molar-refractivity contribution < 1.29 is 9.53 Å². The Labute approximate surface area is 95.6 Å². The van der Waals surface area contributed by atoms with Gasteiger partial charge < -0.3 is 10.5 Å². The maximum Gasteiger partial charge on any atom is 0.249 e. The molecule has 0 spiro atoms. The molecule has 0 aliphatic heterocycles. The number of nitrogens with two attached hydrogens (primary N) is 1. The monoisotopic (exact) mass is 219 g/mol. The molecule has 0 bridgehead atoms. The van der Waals surface area contributed by atoms with Crippen LogP contribution < -0.4 is 5.73 Å². The van der Waals surface area contributed by atoms with Crippen LogP contribution in [0.3, 0.4) is 0 Å². The molecule has 2 rings (SSSR count). The highest BCUT2D eigenvalue weighted by Gasteiger charge is 2.40. The Balaban J connectivity index is 2.00. The van der Waals surface area contributed by atoms with E-state index in [0.717, 1.165) is 31.2 Å². The molecule has 0 aromatic heterocycles. The smallest absolute Gasteiger partial charge is 0.249 e. The fourth-order valence-electron chi connectivity index (χ4n) is 2.20. The largest absolute Gasteiger partial charge is 0.367 e. The summed E-state index contributed by atoms with van der Waals surface area (Å²) in [6, 6.07) is 9.87. The van der Waals surface area contributed by atoms with E-state index in [1.807, 2.05) is 30.3 Å². The molecule has 0 unspecified atom stereocenters. The van der Waals surface area contributed by atoms with E-state index in [9.17, 15) is 4.79 Å². The first-order valence-electron chi connectivity index (χ1n) is 5.71. The third kappa shape index (κ3) is 2.25. The zero-order chi connectivity index (χ0) is 11.4. The van der Waals surface area contributed by atoms with Crippen molar-refractivity contribution in [2.24, 2.45) is 5.73 Å². The van der Waals surface area contributed by atoms with Gasteiger partial charge in [0.1, 0.15) is 5.60 Å². The molecule has 1 aliphatic rings. The number of rotatable bonds is 4. The second-order valence-electron chi connectivity index (χ2n) is 4.34. The van der Waals surface area contributed by atoms with E-state index in [1.54, 1.807) is 0 Å². The number of ether oxygens (including phenoxy) is 1. The summed E-state index contributed by atoms with van der Waals surface area (Å²) in [7, 11) is 0. The highest BCUT2D eigenvalue weighted by atomic mass is 16.5. The van der Waals surface area contributed by atoms with Crippen LogP contribution in [-0.2, 0) is 16.1 Å². The Hall–Kier alpha value is -1.35. The van der Waals surface area contributed by atoms with Crippen molar-refractivity contribution in [3.8, 4) is 0 Å². The number of carbonyl (C=O) groups excluding carboxylic acids is 1. The summed E-state index contributed by atoms with van der Waals surface area (Å²) < 4.78 is 5.76. The number of hydrogen-bond donors (Lipinski definition) is 1. The second kappa shape index (κ2) is 4.66. The fourth-order valence-corrected chi connectivity index (χ4v) is 2.20. The van der Waals surface area contributed by atoms with Crippen molar-refractivity contribution in [2.45, 2.75) is 37.9 Å². The number of hydrogen-bond acceptors (Lipinski definition) is 2. The molecule has 16 heavy (non-hydrogen) atoms. The van der Waals surface area contributed by atoms with Crippen LogP contribution >= 0.6 is 0 Å². The number of primary amides is 1. The average molecular weight is 219 g/mol. The molecule has 86 valence electrons. The summed E-state index contributed by atoms with van der Waals surface area (Å²) in [5.74, 6) is -0.319. The Morgan fingerprint density at radius 3 is 2.44 bits per heavy atom. The molecule has 1 aromatic rings. The standard InChI is InChI=1S/C13H17NO2/c14-12(15)13(8-4-5-9-13)16-10-11-6-2-1-3-7-11/h1-3,6-7H,4-5,8-10H2,(H2,14,15). The van der Waals surface area contributed by atoms with Gasteiger partial charge in [-0.25, -0.2) is 0 Å². The van der Waals surface area contributed by atoms with E-state index in [2.05, 4.69) is 0 Å². The SMILES string of the molecule is NC(=O)C1(OCc2ccccc2)CCCC1. The molecule has 1 amide bonds. The van der Waals surface area contributed by atoms with Crippen LogP contribution in [0.5, 0.6) is 0 Å². The minimum absolute atomic E-state index is 0.319. The summed E-state index contributed by atoms with van der Waals surface area (Å²) in [5, 5.41) is 0. The Kier molecular flexibility index (Phi) is 3.25. The van der Waals surface area contributed by atoms with Crippen molar-refractivity contribution in [1.29, 1.82) is 0 Å². The van der Waals surface area contributed by atoms with Crippen molar-refractivity contribution in [3.63, 3.8) is 0 Å². The van der Waals surface area contributed by atoms with Crippen molar-refractivity contribution in [2.75, 3.05) is 0 Å². The molecular weight excluding hydrogens is 202 g/mol.